The summed E-state index contributed by atoms with van der Waals surface area (Å²) in [4.78, 5) is 0. The summed E-state index contributed by atoms with van der Waals surface area (Å²) in [6.07, 6.45) is 6.12. The molecule has 1 heteroatoms. The summed E-state index contributed by atoms with van der Waals surface area (Å²) in [5, 5.41) is 0.948. The lowest BCUT2D eigenvalue weighted by atomic mass is 10.2. The fourth-order valence-electron chi connectivity index (χ4n) is 0.579. The predicted octanol–water partition coefficient (Wildman–Crippen LogP) is 3.88. The quantitative estimate of drug-likeness (QED) is 0.547. The van der Waals surface area contributed by atoms with Crippen LogP contribution in [0.3, 0.4) is 0 Å². The van der Waals surface area contributed by atoms with Crippen molar-refractivity contribution >= 4 is 11.6 Å². The lowest BCUT2D eigenvalue weighted by molar-refractivity contribution is 0.944. The Bertz CT molecular complexity index is 139. The van der Waals surface area contributed by atoms with Crippen molar-refractivity contribution in [1.29, 1.82) is 0 Å². The lowest BCUT2D eigenvalue weighted by Crippen LogP contribution is -1.69. The average Bonchev–Trinajstić information content (AvgIpc) is 1.85. The Hall–Kier alpha value is -0.230. The summed E-state index contributed by atoms with van der Waals surface area (Å²) >= 11 is 5.84. The van der Waals surface area contributed by atoms with Gasteiger partial charge in [0.25, 0.3) is 0 Å². The summed E-state index contributed by atoms with van der Waals surface area (Å²) < 4.78 is 0. The van der Waals surface area contributed by atoms with Crippen LogP contribution >= 0.6 is 11.6 Å². The van der Waals surface area contributed by atoms with Gasteiger partial charge in [-0.25, -0.2) is 0 Å². The Labute approximate surface area is 68.6 Å². The molecule has 0 N–H and O–H groups in total. The van der Waals surface area contributed by atoms with Crippen LogP contribution in [-0.4, -0.2) is 0 Å². The van der Waals surface area contributed by atoms with Crippen molar-refractivity contribution in [2.45, 2.75) is 33.6 Å². The van der Waals surface area contributed by atoms with Crippen molar-refractivity contribution in [2.24, 2.45) is 0 Å². The second-order valence-corrected chi connectivity index (χ2v) is 3.09. The molecule has 0 aliphatic rings. The minimum absolute atomic E-state index is 0.948. The van der Waals surface area contributed by atoms with E-state index in [-0.39, 0.29) is 0 Å². The number of rotatable bonds is 3. The molecule has 0 radical (unpaired) electrons. The molecule has 0 atom stereocenters. The van der Waals surface area contributed by atoms with E-state index in [9.17, 15) is 0 Å². The van der Waals surface area contributed by atoms with Crippen LogP contribution in [0.5, 0.6) is 0 Å². The summed E-state index contributed by atoms with van der Waals surface area (Å²) in [5.41, 5.74) is 1.29. The van der Waals surface area contributed by atoms with Crippen LogP contribution in [0.25, 0.3) is 0 Å². The third kappa shape index (κ3) is 5.90. The standard InChI is InChI=1S/C9H15Cl/c1-4-5-9(10)7-6-8(2)3/h6-7H,4-5H2,1-3H3/b9-7+. The highest BCUT2D eigenvalue weighted by Crippen LogP contribution is 2.09. The van der Waals surface area contributed by atoms with Gasteiger partial charge in [0.2, 0.25) is 0 Å². The summed E-state index contributed by atoms with van der Waals surface area (Å²) in [6, 6.07) is 0. The molecule has 0 unspecified atom stereocenters. The normalized spacial score (nSPS) is 11.4. The molecule has 0 bridgehead atoms. The maximum atomic E-state index is 5.84. The van der Waals surface area contributed by atoms with E-state index in [1.54, 1.807) is 0 Å². The zero-order valence-electron chi connectivity index (χ0n) is 6.95. The van der Waals surface area contributed by atoms with Crippen LogP contribution in [-0.2, 0) is 0 Å². The maximum absolute atomic E-state index is 5.84. The largest absolute Gasteiger partial charge is 0.0892 e. The van der Waals surface area contributed by atoms with Gasteiger partial charge in [-0.2, -0.15) is 0 Å². The molecule has 0 aromatic heterocycles. The van der Waals surface area contributed by atoms with Crippen LogP contribution in [0.15, 0.2) is 22.8 Å². The monoisotopic (exact) mass is 158 g/mol. The highest BCUT2D eigenvalue weighted by atomic mass is 35.5. The topological polar surface area (TPSA) is 0 Å². The molecule has 0 fully saturated rings. The molecule has 0 aromatic carbocycles. The molecule has 0 spiro atoms. The first kappa shape index (κ1) is 9.77. The molecule has 0 aromatic rings. The highest BCUT2D eigenvalue weighted by molar-refractivity contribution is 6.29. The second kappa shape index (κ2) is 5.55. The van der Waals surface area contributed by atoms with Gasteiger partial charge >= 0.3 is 0 Å². The molecule has 0 rings (SSSR count). The molecule has 0 aliphatic carbocycles. The van der Waals surface area contributed by atoms with Gasteiger partial charge in [0, 0.05) is 5.03 Å². The van der Waals surface area contributed by atoms with Crippen LogP contribution in [0.4, 0.5) is 0 Å². The van der Waals surface area contributed by atoms with Gasteiger partial charge in [-0.15, -0.1) is 0 Å². The molecular formula is C9H15Cl. The van der Waals surface area contributed by atoms with Crippen LogP contribution in [0.2, 0.25) is 0 Å². The Balaban J connectivity index is 3.79. The van der Waals surface area contributed by atoms with Gasteiger partial charge in [-0.1, -0.05) is 36.6 Å². The smallest absolute Gasteiger partial charge is 0.0180 e. The van der Waals surface area contributed by atoms with E-state index in [0.29, 0.717) is 0 Å². The highest BCUT2D eigenvalue weighted by Gasteiger charge is 1.85. The van der Waals surface area contributed by atoms with Gasteiger partial charge < -0.3 is 0 Å². The van der Waals surface area contributed by atoms with Crippen molar-refractivity contribution in [1.82, 2.24) is 0 Å². The molecule has 0 amide bonds. The zero-order chi connectivity index (χ0) is 7.98. The fraction of sp³-hybridized carbons (Fsp3) is 0.556. The number of hydrogen-bond acceptors (Lipinski definition) is 0. The third-order valence-electron chi connectivity index (χ3n) is 1.09. The first-order chi connectivity index (χ1) is 4.66. The van der Waals surface area contributed by atoms with E-state index < -0.39 is 0 Å². The van der Waals surface area contributed by atoms with Gasteiger partial charge in [0.1, 0.15) is 0 Å². The minimum atomic E-state index is 0.948. The number of hydrogen-bond donors (Lipinski definition) is 0. The summed E-state index contributed by atoms with van der Waals surface area (Å²) in [5.74, 6) is 0. The van der Waals surface area contributed by atoms with Crippen LogP contribution in [0.1, 0.15) is 33.6 Å². The van der Waals surface area contributed by atoms with Crippen molar-refractivity contribution in [2.75, 3.05) is 0 Å². The first-order valence-electron chi connectivity index (χ1n) is 3.66. The van der Waals surface area contributed by atoms with Crippen molar-refractivity contribution < 1.29 is 0 Å². The lowest BCUT2D eigenvalue weighted by Gasteiger charge is -1.91. The molecule has 0 aliphatic heterocycles. The molecule has 0 saturated carbocycles. The molecule has 10 heavy (non-hydrogen) atoms. The number of halogens is 1. The SMILES string of the molecule is CCC/C(Cl)=C\C=C(C)C. The van der Waals surface area contributed by atoms with E-state index in [0.717, 1.165) is 17.9 Å². The Morgan fingerprint density at radius 3 is 2.30 bits per heavy atom. The first-order valence-corrected chi connectivity index (χ1v) is 4.04. The molecule has 0 nitrogen and oxygen atoms in total. The van der Waals surface area contributed by atoms with Crippen LogP contribution in [0, 0.1) is 0 Å². The van der Waals surface area contributed by atoms with Gasteiger partial charge in [0.05, 0.1) is 0 Å². The predicted molar refractivity (Wildman–Crippen MR) is 48.3 cm³/mol. The van der Waals surface area contributed by atoms with Gasteiger partial charge in [-0.3, -0.25) is 0 Å². The Kier molecular flexibility index (Phi) is 5.42. The molecule has 58 valence electrons. The number of allylic oxidation sites excluding steroid dienone is 4. The van der Waals surface area contributed by atoms with E-state index >= 15 is 0 Å². The van der Waals surface area contributed by atoms with Crippen molar-refractivity contribution in [3.63, 3.8) is 0 Å². The van der Waals surface area contributed by atoms with Crippen LogP contribution < -0.4 is 0 Å². The fourth-order valence-corrected chi connectivity index (χ4v) is 0.831. The molecular weight excluding hydrogens is 144 g/mol. The summed E-state index contributed by atoms with van der Waals surface area (Å²) in [7, 11) is 0. The Morgan fingerprint density at radius 2 is 1.90 bits per heavy atom. The van der Waals surface area contributed by atoms with Gasteiger partial charge in [0.15, 0.2) is 0 Å². The van der Waals surface area contributed by atoms with Crippen molar-refractivity contribution in [3.05, 3.63) is 22.8 Å². The summed E-state index contributed by atoms with van der Waals surface area (Å²) in [6.45, 7) is 6.25. The third-order valence-corrected chi connectivity index (χ3v) is 1.40. The molecule has 0 heterocycles. The second-order valence-electron chi connectivity index (χ2n) is 2.61. The van der Waals surface area contributed by atoms with Crippen molar-refractivity contribution in [3.8, 4) is 0 Å². The van der Waals surface area contributed by atoms with Gasteiger partial charge in [-0.05, 0) is 26.3 Å². The minimum Gasteiger partial charge on any atom is -0.0892 e. The average molecular weight is 159 g/mol. The Morgan fingerprint density at radius 1 is 1.30 bits per heavy atom. The molecule has 0 saturated heterocycles. The van der Waals surface area contributed by atoms with E-state index in [4.69, 9.17) is 11.6 Å². The maximum Gasteiger partial charge on any atom is 0.0180 e. The van der Waals surface area contributed by atoms with E-state index in [2.05, 4.69) is 20.8 Å². The van der Waals surface area contributed by atoms with E-state index in [1.165, 1.54) is 5.57 Å². The zero-order valence-corrected chi connectivity index (χ0v) is 7.70. The van der Waals surface area contributed by atoms with E-state index in [1.807, 2.05) is 12.2 Å².